The van der Waals surface area contributed by atoms with E-state index in [1.54, 1.807) is 0 Å². The molecule has 0 saturated heterocycles. The predicted molar refractivity (Wildman–Crippen MR) is 28.6 cm³/mol. The molecule has 0 aromatic rings. The lowest BCUT2D eigenvalue weighted by molar-refractivity contribution is 0.105. The molecule has 0 saturated carbocycles. The van der Waals surface area contributed by atoms with E-state index in [1.165, 1.54) is 7.11 Å². The fourth-order valence-electron chi connectivity index (χ4n) is 0.188. The Labute approximate surface area is 52.1 Å². The maximum absolute atomic E-state index is 11.2. The Morgan fingerprint density at radius 3 is 2.89 bits per heavy atom. The fourth-order valence-corrected chi connectivity index (χ4v) is 0.188. The van der Waals surface area contributed by atoms with Crippen LogP contribution in [0.4, 0.5) is 9.18 Å². The van der Waals surface area contributed by atoms with Gasteiger partial charge in [-0.05, 0) is 6.08 Å². The highest BCUT2D eigenvalue weighted by molar-refractivity contribution is 5.60. The summed E-state index contributed by atoms with van der Waals surface area (Å²) in [6, 6.07) is 0. The van der Waals surface area contributed by atoms with Gasteiger partial charge in [0.2, 0.25) is 0 Å². The van der Waals surface area contributed by atoms with Crippen LogP contribution in [-0.2, 0) is 9.47 Å². The summed E-state index contributed by atoms with van der Waals surface area (Å²) in [6.07, 6.45) is 1.14. The van der Waals surface area contributed by atoms with Crippen LogP contribution in [-0.4, -0.2) is 19.9 Å². The zero-order chi connectivity index (χ0) is 7.11. The Kier molecular flexibility index (Phi) is 4.49. The fraction of sp³-hybridized carbons (Fsp3) is 0.400. The lowest BCUT2D eigenvalue weighted by atomic mass is 10.7. The third kappa shape index (κ3) is 4.80. The van der Waals surface area contributed by atoms with Gasteiger partial charge in [-0.3, -0.25) is 0 Å². The van der Waals surface area contributed by atoms with E-state index < -0.39 is 12.8 Å². The van der Waals surface area contributed by atoms with Gasteiger partial charge in [-0.25, -0.2) is 9.18 Å². The van der Waals surface area contributed by atoms with Gasteiger partial charge in [0.25, 0.3) is 0 Å². The van der Waals surface area contributed by atoms with Crippen molar-refractivity contribution in [1.82, 2.24) is 0 Å². The van der Waals surface area contributed by atoms with Crippen LogP contribution in [0.25, 0.3) is 0 Å². The molecule has 0 atom stereocenters. The van der Waals surface area contributed by atoms with Gasteiger partial charge in [0.05, 0.1) is 13.4 Å². The second-order valence-corrected chi connectivity index (χ2v) is 1.10. The lowest BCUT2D eigenvalue weighted by Gasteiger charge is -1.92. The van der Waals surface area contributed by atoms with Crippen molar-refractivity contribution in [3.05, 3.63) is 12.3 Å². The molecule has 0 aliphatic rings. The number of allylic oxidation sites excluding steroid dienone is 1. The quantitative estimate of drug-likeness (QED) is 0.421. The zero-order valence-electron chi connectivity index (χ0n) is 4.96. The molecule has 0 fully saturated rings. The van der Waals surface area contributed by atoms with Crippen molar-refractivity contribution < 1.29 is 18.7 Å². The maximum Gasteiger partial charge on any atom is 0.512 e. The molecule has 0 spiro atoms. The molecule has 4 heteroatoms. The van der Waals surface area contributed by atoms with Crippen molar-refractivity contribution in [3.63, 3.8) is 0 Å². The van der Waals surface area contributed by atoms with E-state index in [9.17, 15) is 9.18 Å². The molecular weight excluding hydrogens is 127 g/mol. The molecule has 0 N–H and O–H groups in total. The van der Waals surface area contributed by atoms with Crippen molar-refractivity contribution in [1.29, 1.82) is 0 Å². The smallest absolute Gasteiger partial charge is 0.437 e. The highest BCUT2D eigenvalue weighted by atomic mass is 19.1. The van der Waals surface area contributed by atoms with Gasteiger partial charge in [-0.2, -0.15) is 0 Å². The van der Waals surface area contributed by atoms with E-state index in [-0.39, 0.29) is 0 Å². The van der Waals surface area contributed by atoms with Crippen LogP contribution >= 0.6 is 0 Å². The van der Waals surface area contributed by atoms with E-state index in [1.807, 2.05) is 0 Å². The second-order valence-electron chi connectivity index (χ2n) is 1.10. The van der Waals surface area contributed by atoms with Gasteiger partial charge in [-0.1, -0.05) is 0 Å². The minimum absolute atomic E-state index is 0.656. The highest BCUT2D eigenvalue weighted by Crippen LogP contribution is 1.83. The molecule has 0 aliphatic heterocycles. The summed E-state index contributed by atoms with van der Waals surface area (Å²) in [5.74, 6) is 0. The summed E-state index contributed by atoms with van der Waals surface area (Å²) in [5, 5.41) is 0. The minimum Gasteiger partial charge on any atom is -0.437 e. The van der Waals surface area contributed by atoms with Gasteiger partial charge in [0.15, 0.2) is 0 Å². The largest absolute Gasteiger partial charge is 0.512 e. The third-order valence-electron chi connectivity index (χ3n) is 0.516. The normalized spacial score (nSPS) is 9.56. The molecule has 0 heterocycles. The van der Waals surface area contributed by atoms with Crippen molar-refractivity contribution >= 4 is 6.16 Å². The van der Waals surface area contributed by atoms with E-state index >= 15 is 0 Å². The van der Waals surface area contributed by atoms with Crippen LogP contribution in [0.2, 0.25) is 0 Å². The Morgan fingerprint density at radius 1 is 1.78 bits per heavy atom. The molecule has 0 aliphatic carbocycles. The molecule has 9 heavy (non-hydrogen) atoms. The number of hydrogen-bond donors (Lipinski definition) is 0. The van der Waals surface area contributed by atoms with Crippen LogP contribution in [0.3, 0.4) is 0 Å². The number of alkyl halides is 1. The Morgan fingerprint density at radius 2 is 2.44 bits per heavy atom. The molecule has 0 unspecified atom stereocenters. The standard InChI is InChI=1S/C5H7FO3/c1-8-5(7)9-4-2-3-6/h2,4H,3H2,1H3/b4-2+. The third-order valence-corrected chi connectivity index (χ3v) is 0.516. The average molecular weight is 134 g/mol. The number of carbonyl (C=O) groups is 1. The summed E-state index contributed by atoms with van der Waals surface area (Å²) in [4.78, 5) is 10.1. The molecule has 0 aromatic heterocycles. The summed E-state index contributed by atoms with van der Waals surface area (Å²) in [5.41, 5.74) is 0. The van der Waals surface area contributed by atoms with E-state index in [2.05, 4.69) is 9.47 Å². The Hall–Kier alpha value is -1.06. The van der Waals surface area contributed by atoms with Crippen LogP contribution in [0.5, 0.6) is 0 Å². The lowest BCUT2D eigenvalue weighted by Crippen LogP contribution is -1.97. The molecule has 0 rings (SSSR count). The number of ether oxygens (including phenoxy) is 2. The molecule has 0 bridgehead atoms. The molecule has 52 valence electrons. The Bertz CT molecular complexity index is 111. The summed E-state index contributed by atoms with van der Waals surface area (Å²) in [6.45, 7) is -0.656. The number of carbonyl (C=O) groups excluding carboxylic acids is 1. The topological polar surface area (TPSA) is 35.5 Å². The van der Waals surface area contributed by atoms with Crippen LogP contribution in [0, 0.1) is 0 Å². The Balaban J connectivity index is 3.26. The van der Waals surface area contributed by atoms with Crippen LogP contribution in [0.1, 0.15) is 0 Å². The van der Waals surface area contributed by atoms with Crippen molar-refractivity contribution in [2.45, 2.75) is 0 Å². The van der Waals surface area contributed by atoms with Crippen molar-refractivity contribution in [3.8, 4) is 0 Å². The molecule has 0 amide bonds. The zero-order valence-corrected chi connectivity index (χ0v) is 4.96. The van der Waals surface area contributed by atoms with E-state index in [0.717, 1.165) is 12.3 Å². The van der Waals surface area contributed by atoms with Crippen LogP contribution in [0.15, 0.2) is 12.3 Å². The molecule has 0 aromatic carbocycles. The van der Waals surface area contributed by atoms with E-state index in [0.29, 0.717) is 0 Å². The number of halogens is 1. The van der Waals surface area contributed by atoms with Crippen molar-refractivity contribution in [2.75, 3.05) is 13.8 Å². The van der Waals surface area contributed by atoms with Gasteiger partial charge in [-0.15, -0.1) is 0 Å². The first-order valence-corrected chi connectivity index (χ1v) is 2.27. The van der Waals surface area contributed by atoms with Crippen molar-refractivity contribution in [2.24, 2.45) is 0 Å². The molecule has 3 nitrogen and oxygen atoms in total. The van der Waals surface area contributed by atoms with Gasteiger partial charge in [0.1, 0.15) is 6.67 Å². The first-order valence-electron chi connectivity index (χ1n) is 2.27. The summed E-state index contributed by atoms with van der Waals surface area (Å²) >= 11 is 0. The number of rotatable bonds is 2. The molecule has 0 radical (unpaired) electrons. The van der Waals surface area contributed by atoms with Gasteiger partial charge in [0, 0.05) is 0 Å². The molecular formula is C5H7FO3. The highest BCUT2D eigenvalue weighted by Gasteiger charge is 1.92. The summed E-state index contributed by atoms with van der Waals surface area (Å²) in [7, 11) is 1.17. The monoisotopic (exact) mass is 134 g/mol. The summed E-state index contributed by atoms with van der Waals surface area (Å²) < 4.78 is 19.4. The first-order chi connectivity index (χ1) is 4.31. The number of methoxy groups -OCH3 is 1. The minimum atomic E-state index is -0.848. The predicted octanol–water partition coefficient (Wildman–Crippen LogP) is 1.25. The van der Waals surface area contributed by atoms with Crippen LogP contribution < -0.4 is 0 Å². The van der Waals surface area contributed by atoms with E-state index in [4.69, 9.17) is 0 Å². The van der Waals surface area contributed by atoms with Gasteiger partial charge < -0.3 is 9.47 Å². The average Bonchev–Trinajstić information content (AvgIpc) is 1.89. The SMILES string of the molecule is COC(=O)O/C=C/CF. The second kappa shape index (κ2) is 5.08. The number of hydrogen-bond acceptors (Lipinski definition) is 3. The van der Waals surface area contributed by atoms with Gasteiger partial charge >= 0.3 is 6.16 Å². The maximum atomic E-state index is 11.2. The first kappa shape index (κ1) is 7.94.